The minimum atomic E-state index is -0.214. The van der Waals surface area contributed by atoms with E-state index < -0.39 is 0 Å². The number of nitrogens with zero attached hydrogens (tertiary/aromatic N) is 3. The Bertz CT molecular complexity index is 1260. The number of amides is 1. The van der Waals surface area contributed by atoms with Crippen molar-refractivity contribution >= 4 is 11.6 Å². The largest absolute Gasteiger partial charge is 0.496 e. The highest BCUT2D eigenvalue weighted by atomic mass is 16.5. The number of ether oxygens (including phenoxy) is 1. The lowest BCUT2D eigenvalue weighted by Gasteiger charge is -2.16. The number of rotatable bonds is 5. The second kappa shape index (κ2) is 8.46. The molecule has 0 aliphatic heterocycles. The Hall–Kier alpha value is -3.67. The zero-order valence-electron chi connectivity index (χ0n) is 19.1. The maximum Gasteiger partial charge on any atom is 0.270 e. The van der Waals surface area contributed by atoms with Crippen LogP contribution in [0.5, 0.6) is 5.75 Å². The van der Waals surface area contributed by atoms with E-state index >= 15 is 0 Å². The maximum absolute atomic E-state index is 13.4. The number of hydrogen-bond donors (Lipinski definition) is 1. The van der Waals surface area contributed by atoms with Crippen LogP contribution in [0.1, 0.15) is 55.5 Å². The zero-order valence-corrected chi connectivity index (χ0v) is 19.1. The molecule has 0 aliphatic carbocycles. The second-order valence-electron chi connectivity index (χ2n) is 8.88. The number of methoxy groups -OCH3 is 1. The standard InChI is InChI=1S/C26H28N4O2/c1-17(18-11-7-6-8-12-18)27-25(31)21-15-20(19-13-9-10-14-22(19)32-5)28-24-16-23(26(2,3)4)29-30(21)24/h6-17H,1-5H3,(H,27,31)/t17-/m0/s1. The van der Waals surface area contributed by atoms with Gasteiger partial charge < -0.3 is 10.1 Å². The molecule has 0 bridgehead atoms. The average Bonchev–Trinajstić information content (AvgIpc) is 3.24. The molecule has 0 saturated carbocycles. The summed E-state index contributed by atoms with van der Waals surface area (Å²) in [6.45, 7) is 8.24. The smallest absolute Gasteiger partial charge is 0.270 e. The van der Waals surface area contributed by atoms with Gasteiger partial charge in [-0.25, -0.2) is 9.50 Å². The van der Waals surface area contributed by atoms with Crippen molar-refractivity contribution in [3.63, 3.8) is 0 Å². The van der Waals surface area contributed by atoms with Gasteiger partial charge in [-0.15, -0.1) is 0 Å². The SMILES string of the molecule is COc1ccccc1-c1cc(C(=O)N[C@@H](C)c2ccccc2)n2nc(C(C)(C)C)cc2n1. The van der Waals surface area contributed by atoms with E-state index in [0.717, 1.165) is 16.8 Å². The highest BCUT2D eigenvalue weighted by Gasteiger charge is 2.23. The Morgan fingerprint density at radius 3 is 2.41 bits per heavy atom. The van der Waals surface area contributed by atoms with Crippen molar-refractivity contribution in [1.82, 2.24) is 19.9 Å². The van der Waals surface area contributed by atoms with Gasteiger partial charge in [-0.3, -0.25) is 4.79 Å². The van der Waals surface area contributed by atoms with Crippen molar-refractivity contribution in [2.24, 2.45) is 0 Å². The van der Waals surface area contributed by atoms with Crippen molar-refractivity contribution in [3.8, 4) is 17.0 Å². The van der Waals surface area contributed by atoms with E-state index in [1.165, 1.54) is 0 Å². The van der Waals surface area contributed by atoms with Gasteiger partial charge >= 0.3 is 0 Å². The van der Waals surface area contributed by atoms with Gasteiger partial charge in [0.1, 0.15) is 11.4 Å². The van der Waals surface area contributed by atoms with E-state index in [1.54, 1.807) is 17.7 Å². The Labute approximate surface area is 188 Å². The van der Waals surface area contributed by atoms with Gasteiger partial charge in [-0.05, 0) is 30.7 Å². The number of hydrogen-bond acceptors (Lipinski definition) is 4. The summed E-state index contributed by atoms with van der Waals surface area (Å²) in [5.74, 6) is 0.484. The van der Waals surface area contributed by atoms with Crippen LogP contribution < -0.4 is 10.1 Å². The zero-order chi connectivity index (χ0) is 22.9. The van der Waals surface area contributed by atoms with Gasteiger partial charge in [-0.2, -0.15) is 5.10 Å². The summed E-state index contributed by atoms with van der Waals surface area (Å²) in [5.41, 5.74) is 4.25. The molecule has 1 N–H and O–H groups in total. The average molecular weight is 429 g/mol. The summed E-state index contributed by atoms with van der Waals surface area (Å²) < 4.78 is 7.16. The van der Waals surface area contributed by atoms with Crippen LogP contribution in [0.3, 0.4) is 0 Å². The van der Waals surface area contributed by atoms with Crippen molar-refractivity contribution in [2.45, 2.75) is 39.2 Å². The highest BCUT2D eigenvalue weighted by Crippen LogP contribution is 2.30. The van der Waals surface area contributed by atoms with Crippen molar-refractivity contribution in [3.05, 3.63) is 83.7 Å². The number of aromatic nitrogens is 3. The van der Waals surface area contributed by atoms with Gasteiger partial charge in [0.15, 0.2) is 5.65 Å². The molecule has 0 fully saturated rings. The third-order valence-electron chi connectivity index (χ3n) is 5.46. The summed E-state index contributed by atoms with van der Waals surface area (Å²) in [4.78, 5) is 18.2. The third kappa shape index (κ3) is 4.21. The second-order valence-corrected chi connectivity index (χ2v) is 8.88. The molecule has 0 aliphatic rings. The molecular weight excluding hydrogens is 400 g/mol. The first-order chi connectivity index (χ1) is 15.3. The topological polar surface area (TPSA) is 68.5 Å². The van der Waals surface area contributed by atoms with E-state index in [1.807, 2.05) is 67.6 Å². The maximum atomic E-state index is 13.4. The van der Waals surface area contributed by atoms with Crippen LogP contribution in [0.25, 0.3) is 16.9 Å². The van der Waals surface area contributed by atoms with Crippen LogP contribution in [0, 0.1) is 0 Å². The predicted molar refractivity (Wildman–Crippen MR) is 126 cm³/mol. The molecular formula is C26H28N4O2. The summed E-state index contributed by atoms with van der Waals surface area (Å²) in [6, 6.07) is 21.1. The fraction of sp³-hybridized carbons (Fsp3) is 0.269. The number of carbonyl (C=O) groups excluding carboxylic acids is 1. The van der Waals surface area contributed by atoms with E-state index in [9.17, 15) is 4.79 Å². The first kappa shape index (κ1) is 21.6. The first-order valence-corrected chi connectivity index (χ1v) is 10.7. The number of benzene rings is 2. The summed E-state index contributed by atoms with van der Waals surface area (Å²) in [6.07, 6.45) is 0. The van der Waals surface area contributed by atoms with Crippen LogP contribution in [-0.4, -0.2) is 27.6 Å². The molecule has 4 aromatic rings. The molecule has 2 aromatic carbocycles. The van der Waals surface area contributed by atoms with Crippen LogP contribution in [0.15, 0.2) is 66.7 Å². The van der Waals surface area contributed by atoms with Crippen molar-refractivity contribution < 1.29 is 9.53 Å². The van der Waals surface area contributed by atoms with E-state index in [2.05, 4.69) is 26.1 Å². The van der Waals surface area contributed by atoms with Crippen LogP contribution in [0.4, 0.5) is 0 Å². The predicted octanol–water partition coefficient (Wildman–Crippen LogP) is 5.19. The molecule has 0 saturated heterocycles. The number of carbonyl (C=O) groups is 1. The molecule has 1 amide bonds. The normalized spacial score (nSPS) is 12.5. The quantitative estimate of drug-likeness (QED) is 0.475. The monoisotopic (exact) mass is 428 g/mol. The van der Waals surface area contributed by atoms with Gasteiger partial charge in [0.25, 0.3) is 5.91 Å². The molecule has 2 aromatic heterocycles. The van der Waals surface area contributed by atoms with E-state index in [-0.39, 0.29) is 17.4 Å². The highest BCUT2D eigenvalue weighted by molar-refractivity contribution is 5.94. The Morgan fingerprint density at radius 1 is 1.03 bits per heavy atom. The lowest BCUT2D eigenvalue weighted by Crippen LogP contribution is -2.29. The van der Waals surface area contributed by atoms with E-state index in [0.29, 0.717) is 22.8 Å². The number of para-hydroxylation sites is 1. The van der Waals surface area contributed by atoms with Crippen LogP contribution >= 0.6 is 0 Å². The third-order valence-corrected chi connectivity index (χ3v) is 5.46. The number of nitrogens with one attached hydrogen (secondary N) is 1. The molecule has 0 radical (unpaired) electrons. The van der Waals surface area contributed by atoms with Gasteiger partial charge in [-0.1, -0.05) is 63.2 Å². The lowest BCUT2D eigenvalue weighted by molar-refractivity contribution is 0.0932. The minimum absolute atomic E-state index is 0.153. The molecule has 0 unspecified atom stereocenters. The molecule has 6 nitrogen and oxygen atoms in total. The molecule has 6 heteroatoms. The summed E-state index contributed by atoms with van der Waals surface area (Å²) in [5, 5.41) is 7.83. The first-order valence-electron chi connectivity index (χ1n) is 10.7. The lowest BCUT2D eigenvalue weighted by atomic mass is 9.93. The van der Waals surface area contributed by atoms with Gasteiger partial charge in [0, 0.05) is 17.0 Å². The molecule has 1 atom stereocenters. The van der Waals surface area contributed by atoms with Crippen molar-refractivity contribution in [1.29, 1.82) is 0 Å². The van der Waals surface area contributed by atoms with Gasteiger partial charge in [0.2, 0.25) is 0 Å². The van der Waals surface area contributed by atoms with Gasteiger partial charge in [0.05, 0.1) is 24.5 Å². The van der Waals surface area contributed by atoms with E-state index in [4.69, 9.17) is 14.8 Å². The van der Waals surface area contributed by atoms with Crippen molar-refractivity contribution in [2.75, 3.05) is 7.11 Å². The molecule has 32 heavy (non-hydrogen) atoms. The van der Waals surface area contributed by atoms with Crippen LogP contribution in [-0.2, 0) is 5.41 Å². The summed E-state index contributed by atoms with van der Waals surface area (Å²) in [7, 11) is 1.63. The van der Waals surface area contributed by atoms with Crippen LogP contribution in [0.2, 0.25) is 0 Å². The Balaban J connectivity index is 1.83. The Morgan fingerprint density at radius 2 is 1.72 bits per heavy atom. The summed E-state index contributed by atoms with van der Waals surface area (Å²) >= 11 is 0. The molecule has 0 spiro atoms. The Kier molecular flexibility index (Phi) is 5.70. The molecule has 164 valence electrons. The fourth-order valence-electron chi connectivity index (χ4n) is 3.59. The minimum Gasteiger partial charge on any atom is -0.496 e. The molecule has 2 heterocycles. The number of fused-ring (bicyclic) bond motifs is 1. The fourth-order valence-corrected chi connectivity index (χ4v) is 3.59. The molecule has 4 rings (SSSR count).